The third-order valence-electron chi connectivity index (χ3n) is 3.63. The van der Waals surface area contributed by atoms with Crippen LogP contribution in [-0.2, 0) is 16.1 Å². The lowest BCUT2D eigenvalue weighted by Gasteiger charge is -2.19. The van der Waals surface area contributed by atoms with Gasteiger partial charge >= 0.3 is 0 Å². The second-order valence-corrected chi connectivity index (χ2v) is 5.29. The van der Waals surface area contributed by atoms with Crippen molar-refractivity contribution in [2.24, 2.45) is 5.73 Å². The number of carbonyl (C=O) groups excluding carboxylic acids is 2. The molecule has 0 aromatic heterocycles. The number of rotatable bonds is 4. The quantitative estimate of drug-likeness (QED) is 0.833. The summed E-state index contributed by atoms with van der Waals surface area (Å²) in [6.07, 6.45) is 0.884. The Balaban J connectivity index is 1.93. The lowest BCUT2D eigenvalue weighted by molar-refractivity contribution is -0.130. The third kappa shape index (κ3) is 4.27. The largest absolute Gasteiger partial charge is 0.345 e. The van der Waals surface area contributed by atoms with Gasteiger partial charge in [0.25, 0.3) is 0 Å². The molecule has 1 aliphatic heterocycles. The summed E-state index contributed by atoms with van der Waals surface area (Å²) in [7, 11) is 1.80. The highest BCUT2D eigenvalue weighted by molar-refractivity contribution is 5.93. The molecule has 0 unspecified atom stereocenters. The lowest BCUT2D eigenvalue weighted by Crippen LogP contribution is -2.38. The summed E-state index contributed by atoms with van der Waals surface area (Å²) in [4.78, 5) is 27.5. The van der Waals surface area contributed by atoms with E-state index in [-0.39, 0.29) is 18.4 Å². The number of nitrogens with two attached hydrogens (primary N) is 1. The van der Waals surface area contributed by atoms with Gasteiger partial charge in [-0.25, -0.2) is 0 Å². The molecule has 3 N–H and O–H groups in total. The van der Waals surface area contributed by atoms with Crippen molar-refractivity contribution in [3.63, 3.8) is 0 Å². The molecule has 1 aliphatic rings. The van der Waals surface area contributed by atoms with Crippen molar-refractivity contribution in [3.8, 4) is 0 Å². The molecule has 0 aliphatic carbocycles. The van der Waals surface area contributed by atoms with Crippen molar-refractivity contribution in [1.82, 2.24) is 9.80 Å². The van der Waals surface area contributed by atoms with Crippen molar-refractivity contribution < 1.29 is 9.59 Å². The fraction of sp³-hybridized carbons (Fsp3) is 0.467. The van der Waals surface area contributed by atoms with Crippen LogP contribution in [0.4, 0.5) is 5.69 Å². The summed E-state index contributed by atoms with van der Waals surface area (Å²) in [5, 5.41) is 2.87. The Bertz CT molecular complexity index is 518. The van der Waals surface area contributed by atoms with Crippen LogP contribution in [0.3, 0.4) is 0 Å². The van der Waals surface area contributed by atoms with Crippen LogP contribution in [0.5, 0.6) is 0 Å². The van der Waals surface area contributed by atoms with E-state index >= 15 is 0 Å². The number of benzene rings is 1. The Morgan fingerprint density at radius 1 is 1.33 bits per heavy atom. The molecule has 114 valence electrons. The van der Waals surface area contributed by atoms with E-state index in [9.17, 15) is 9.59 Å². The van der Waals surface area contributed by atoms with E-state index in [0.29, 0.717) is 13.1 Å². The van der Waals surface area contributed by atoms with Crippen LogP contribution in [0.25, 0.3) is 0 Å². The predicted octanol–water partition coefficient (Wildman–Crippen LogP) is 0.248. The van der Waals surface area contributed by atoms with E-state index in [4.69, 9.17) is 5.73 Å². The van der Waals surface area contributed by atoms with Crippen LogP contribution >= 0.6 is 0 Å². The Labute approximate surface area is 124 Å². The van der Waals surface area contributed by atoms with Crippen molar-refractivity contribution in [1.29, 1.82) is 0 Å². The first-order valence-corrected chi connectivity index (χ1v) is 7.14. The Kier molecular flexibility index (Phi) is 5.30. The van der Waals surface area contributed by atoms with Gasteiger partial charge in [0.15, 0.2) is 0 Å². The van der Waals surface area contributed by atoms with Crippen molar-refractivity contribution in [2.45, 2.75) is 13.0 Å². The second-order valence-electron chi connectivity index (χ2n) is 5.29. The Morgan fingerprint density at radius 3 is 2.86 bits per heavy atom. The second kappa shape index (κ2) is 7.19. The average Bonchev–Trinajstić information content (AvgIpc) is 2.61. The highest BCUT2D eigenvalue weighted by Crippen LogP contribution is 2.14. The number of nitrogens with one attached hydrogen (secondary N) is 1. The van der Waals surface area contributed by atoms with E-state index in [0.717, 1.165) is 30.8 Å². The third-order valence-corrected chi connectivity index (χ3v) is 3.63. The molecule has 2 rings (SSSR count). The van der Waals surface area contributed by atoms with Gasteiger partial charge in [-0.15, -0.1) is 0 Å². The van der Waals surface area contributed by atoms with Crippen LogP contribution < -0.4 is 11.1 Å². The molecule has 2 amide bonds. The molecule has 1 aromatic rings. The molecule has 0 radical (unpaired) electrons. The topological polar surface area (TPSA) is 78.7 Å². The number of likely N-dealkylation sites (N-methyl/N-ethyl adjacent to an activating group) is 1. The van der Waals surface area contributed by atoms with Crippen molar-refractivity contribution in [3.05, 3.63) is 29.8 Å². The number of carbonyl (C=O) groups is 2. The van der Waals surface area contributed by atoms with Crippen molar-refractivity contribution >= 4 is 17.5 Å². The van der Waals surface area contributed by atoms with E-state index in [2.05, 4.69) is 5.32 Å². The van der Waals surface area contributed by atoms with Gasteiger partial charge < -0.3 is 16.0 Å². The fourth-order valence-electron chi connectivity index (χ4n) is 2.40. The van der Waals surface area contributed by atoms with E-state index in [1.165, 1.54) is 0 Å². The zero-order valence-electron chi connectivity index (χ0n) is 12.3. The number of para-hydroxylation sites is 1. The Hall–Kier alpha value is -1.92. The zero-order valence-corrected chi connectivity index (χ0v) is 12.3. The molecular formula is C15H22N4O2. The minimum atomic E-state index is -0.117. The minimum absolute atomic E-state index is 0.0580. The van der Waals surface area contributed by atoms with Crippen LogP contribution in [0.15, 0.2) is 24.3 Å². The molecule has 1 saturated heterocycles. The first-order valence-electron chi connectivity index (χ1n) is 7.14. The highest BCUT2D eigenvalue weighted by Gasteiger charge is 2.20. The molecule has 0 bridgehead atoms. The molecular weight excluding hydrogens is 268 g/mol. The van der Waals surface area contributed by atoms with Gasteiger partial charge in [0.05, 0.1) is 13.1 Å². The summed E-state index contributed by atoms with van der Waals surface area (Å²) >= 11 is 0. The molecule has 0 saturated carbocycles. The summed E-state index contributed by atoms with van der Waals surface area (Å²) in [5.41, 5.74) is 7.29. The summed E-state index contributed by atoms with van der Waals surface area (Å²) in [6, 6.07) is 7.47. The minimum Gasteiger partial charge on any atom is -0.345 e. The van der Waals surface area contributed by atoms with Gasteiger partial charge in [0, 0.05) is 32.4 Å². The van der Waals surface area contributed by atoms with Crippen LogP contribution in [0.1, 0.15) is 12.0 Å². The number of hydrogen-bond donors (Lipinski definition) is 2. The first-order chi connectivity index (χ1) is 10.1. The van der Waals surface area contributed by atoms with E-state index in [1.807, 2.05) is 29.2 Å². The van der Waals surface area contributed by atoms with Gasteiger partial charge in [0.2, 0.25) is 11.8 Å². The maximum absolute atomic E-state index is 12.1. The number of nitrogens with zero attached hydrogens (tertiary/aromatic N) is 2. The maximum atomic E-state index is 12.1. The maximum Gasteiger partial charge on any atom is 0.238 e. The molecule has 0 atom stereocenters. The molecule has 6 nitrogen and oxygen atoms in total. The molecule has 1 fully saturated rings. The molecule has 1 aromatic carbocycles. The lowest BCUT2D eigenvalue weighted by atomic mass is 10.2. The van der Waals surface area contributed by atoms with E-state index < -0.39 is 0 Å². The zero-order chi connectivity index (χ0) is 15.2. The molecule has 21 heavy (non-hydrogen) atoms. The van der Waals surface area contributed by atoms with Crippen LogP contribution in [0, 0.1) is 0 Å². The monoisotopic (exact) mass is 290 g/mol. The highest BCUT2D eigenvalue weighted by atomic mass is 16.2. The smallest absolute Gasteiger partial charge is 0.238 e. The number of hydrogen-bond acceptors (Lipinski definition) is 4. The Morgan fingerprint density at radius 2 is 2.10 bits per heavy atom. The number of amides is 2. The van der Waals surface area contributed by atoms with Gasteiger partial charge in [-0.05, 0) is 18.1 Å². The standard InChI is InChI=1S/C15H22N4O2/c1-18-7-4-8-19(11-15(18)21)10-14(20)17-13-6-3-2-5-12(13)9-16/h2-3,5-6H,4,7-11,16H2,1H3,(H,17,20). The predicted molar refractivity (Wildman–Crippen MR) is 81.7 cm³/mol. The van der Waals surface area contributed by atoms with Gasteiger partial charge in [-0.1, -0.05) is 18.2 Å². The van der Waals surface area contributed by atoms with Crippen LogP contribution in [0.2, 0.25) is 0 Å². The molecule has 1 heterocycles. The summed E-state index contributed by atoms with van der Waals surface area (Å²) < 4.78 is 0. The first kappa shape index (κ1) is 15.5. The van der Waals surface area contributed by atoms with E-state index in [1.54, 1.807) is 11.9 Å². The SMILES string of the molecule is CN1CCCN(CC(=O)Nc2ccccc2CN)CC1=O. The summed E-state index contributed by atoms with van der Waals surface area (Å²) in [6.45, 7) is 2.39. The number of anilines is 1. The average molecular weight is 290 g/mol. The summed E-state index contributed by atoms with van der Waals surface area (Å²) in [5.74, 6) is -0.0593. The normalized spacial score (nSPS) is 16.7. The van der Waals surface area contributed by atoms with Gasteiger partial charge in [-0.3, -0.25) is 14.5 Å². The molecule has 6 heteroatoms. The van der Waals surface area contributed by atoms with Gasteiger partial charge in [0.1, 0.15) is 0 Å². The molecule has 0 spiro atoms. The van der Waals surface area contributed by atoms with Crippen molar-refractivity contribution in [2.75, 3.05) is 38.5 Å². The fourth-order valence-corrected chi connectivity index (χ4v) is 2.40. The van der Waals surface area contributed by atoms with Crippen LogP contribution in [-0.4, -0.2) is 54.8 Å². The van der Waals surface area contributed by atoms with Gasteiger partial charge in [-0.2, -0.15) is 0 Å².